The number of hydrogen-bond acceptors (Lipinski definition) is 3. The molecule has 0 atom stereocenters. The highest BCUT2D eigenvalue weighted by Crippen LogP contribution is 2.31. The molecule has 0 saturated carbocycles. The van der Waals surface area contributed by atoms with Gasteiger partial charge in [-0.15, -0.1) is 0 Å². The van der Waals surface area contributed by atoms with Gasteiger partial charge in [-0.2, -0.15) is 0 Å². The number of hydrogen-bond donors (Lipinski definition) is 0. The highest BCUT2D eigenvalue weighted by molar-refractivity contribution is 7.98. The van der Waals surface area contributed by atoms with E-state index in [1.807, 2.05) is 55.5 Å². The Kier molecular flexibility index (Phi) is 6.00. The number of thioether (sulfide) groups is 1. The highest BCUT2D eigenvalue weighted by Gasteiger charge is 2.18. The number of fused-ring (bicyclic) bond motifs is 1. The number of nitrogens with zero attached hydrogens (tertiary/aromatic N) is 2. The zero-order valence-corrected chi connectivity index (χ0v) is 20.5. The number of para-hydroxylation sites is 1. The van der Waals surface area contributed by atoms with Crippen molar-refractivity contribution in [3.63, 3.8) is 0 Å². The second-order valence-electron chi connectivity index (χ2n) is 9.51. The maximum absolute atomic E-state index is 13.4. The summed E-state index contributed by atoms with van der Waals surface area (Å²) in [6.45, 7) is 13.1. The minimum absolute atomic E-state index is 0.0292. The van der Waals surface area contributed by atoms with E-state index in [1.165, 1.54) is 22.3 Å². The Morgan fingerprint density at radius 2 is 1.53 bits per heavy atom. The maximum Gasteiger partial charge on any atom is 0.266 e. The van der Waals surface area contributed by atoms with Crippen molar-refractivity contribution in [1.29, 1.82) is 0 Å². The first-order valence-electron chi connectivity index (χ1n) is 11.0. The van der Waals surface area contributed by atoms with E-state index in [-0.39, 0.29) is 11.0 Å². The van der Waals surface area contributed by atoms with Crippen molar-refractivity contribution < 1.29 is 0 Å². The van der Waals surface area contributed by atoms with E-state index in [0.29, 0.717) is 5.39 Å². The summed E-state index contributed by atoms with van der Waals surface area (Å²) in [6.07, 6.45) is 0. The van der Waals surface area contributed by atoms with Gasteiger partial charge in [-0.05, 0) is 72.7 Å². The molecule has 1 heterocycles. The first-order chi connectivity index (χ1) is 15.1. The average Bonchev–Trinajstić information content (AvgIpc) is 2.73. The van der Waals surface area contributed by atoms with Crippen LogP contribution in [0.3, 0.4) is 0 Å². The van der Waals surface area contributed by atoms with Gasteiger partial charge in [0, 0.05) is 5.75 Å². The van der Waals surface area contributed by atoms with Crippen molar-refractivity contribution in [2.75, 3.05) is 0 Å². The van der Waals surface area contributed by atoms with Crippen molar-refractivity contribution in [2.45, 2.75) is 57.9 Å². The van der Waals surface area contributed by atoms with E-state index < -0.39 is 0 Å². The minimum atomic E-state index is -0.0292. The Morgan fingerprint density at radius 1 is 0.906 bits per heavy atom. The van der Waals surface area contributed by atoms with Crippen LogP contribution in [0, 0.1) is 20.8 Å². The molecular weight excluding hydrogens is 412 g/mol. The molecule has 3 nitrogen and oxygen atoms in total. The molecule has 0 aliphatic rings. The lowest BCUT2D eigenvalue weighted by atomic mass is 9.84. The fraction of sp³-hybridized carbons (Fsp3) is 0.286. The summed E-state index contributed by atoms with van der Waals surface area (Å²) in [5.41, 5.74) is 8.06. The van der Waals surface area contributed by atoms with Gasteiger partial charge >= 0.3 is 0 Å². The summed E-state index contributed by atoms with van der Waals surface area (Å²) >= 11 is 1.62. The van der Waals surface area contributed by atoms with E-state index in [9.17, 15) is 4.79 Å². The Bertz CT molecular complexity index is 1320. The maximum atomic E-state index is 13.4. The molecule has 0 radical (unpaired) electrons. The predicted octanol–water partition coefficient (Wildman–Crippen LogP) is 6.90. The normalized spacial score (nSPS) is 11.8. The van der Waals surface area contributed by atoms with Gasteiger partial charge in [0.1, 0.15) is 0 Å². The fourth-order valence-electron chi connectivity index (χ4n) is 3.92. The van der Waals surface area contributed by atoms with Crippen LogP contribution >= 0.6 is 11.8 Å². The average molecular weight is 443 g/mol. The summed E-state index contributed by atoms with van der Waals surface area (Å²) in [6, 6.07) is 20.2. The molecule has 0 bridgehead atoms. The van der Waals surface area contributed by atoms with E-state index in [1.54, 1.807) is 16.3 Å². The van der Waals surface area contributed by atoms with Crippen LogP contribution in [-0.4, -0.2) is 9.55 Å². The molecule has 0 fully saturated rings. The van der Waals surface area contributed by atoms with Crippen LogP contribution in [0.15, 0.2) is 70.6 Å². The zero-order chi connectivity index (χ0) is 23.0. The molecule has 0 amide bonds. The number of aromatic nitrogens is 2. The van der Waals surface area contributed by atoms with Crippen LogP contribution in [0.25, 0.3) is 16.6 Å². The molecule has 0 saturated heterocycles. The van der Waals surface area contributed by atoms with Crippen molar-refractivity contribution in [3.8, 4) is 5.69 Å². The van der Waals surface area contributed by atoms with Crippen molar-refractivity contribution in [2.24, 2.45) is 0 Å². The van der Waals surface area contributed by atoms with Crippen molar-refractivity contribution >= 4 is 22.7 Å². The third-order valence-electron chi connectivity index (χ3n) is 5.94. The van der Waals surface area contributed by atoms with E-state index in [4.69, 9.17) is 4.98 Å². The predicted molar refractivity (Wildman–Crippen MR) is 136 cm³/mol. The largest absolute Gasteiger partial charge is 0.268 e. The summed E-state index contributed by atoms with van der Waals surface area (Å²) in [5, 5.41) is 1.36. The molecule has 1 aromatic heterocycles. The lowest BCUT2D eigenvalue weighted by Gasteiger charge is -2.22. The van der Waals surface area contributed by atoms with Gasteiger partial charge in [0.25, 0.3) is 5.56 Å². The van der Waals surface area contributed by atoms with Crippen LogP contribution in [0.4, 0.5) is 0 Å². The number of aryl methyl sites for hydroxylation is 3. The number of benzene rings is 3. The molecule has 32 heavy (non-hydrogen) atoms. The quantitative estimate of drug-likeness (QED) is 0.255. The number of rotatable bonds is 4. The van der Waals surface area contributed by atoms with E-state index >= 15 is 0 Å². The van der Waals surface area contributed by atoms with Gasteiger partial charge in [0.05, 0.1) is 16.6 Å². The molecule has 0 aliphatic carbocycles. The van der Waals surface area contributed by atoms with Crippen LogP contribution in [-0.2, 0) is 11.2 Å². The highest BCUT2D eigenvalue weighted by atomic mass is 32.2. The minimum Gasteiger partial charge on any atom is -0.268 e. The molecule has 0 N–H and O–H groups in total. The van der Waals surface area contributed by atoms with Crippen molar-refractivity contribution in [1.82, 2.24) is 9.55 Å². The molecule has 0 spiro atoms. The lowest BCUT2D eigenvalue weighted by molar-refractivity contribution is 0.589. The molecule has 4 heteroatoms. The molecule has 4 rings (SSSR count). The van der Waals surface area contributed by atoms with Crippen LogP contribution in [0.5, 0.6) is 0 Å². The zero-order valence-electron chi connectivity index (χ0n) is 19.7. The van der Waals surface area contributed by atoms with Crippen LogP contribution in [0.1, 0.15) is 48.6 Å². The van der Waals surface area contributed by atoms with Gasteiger partial charge in [0.2, 0.25) is 0 Å². The monoisotopic (exact) mass is 442 g/mol. The molecule has 0 aliphatic heterocycles. The van der Waals surface area contributed by atoms with E-state index in [2.05, 4.69) is 46.8 Å². The second kappa shape index (κ2) is 8.59. The topological polar surface area (TPSA) is 34.9 Å². The Labute approximate surface area is 194 Å². The Hall–Kier alpha value is -2.85. The SMILES string of the molecule is Cc1ccc(-n2c(SCc3c(C)cc(C(C)(C)C)cc3C)nc3ccccc3c2=O)cc1. The molecule has 0 unspecified atom stereocenters. The van der Waals surface area contributed by atoms with Crippen LogP contribution in [0.2, 0.25) is 0 Å². The summed E-state index contributed by atoms with van der Waals surface area (Å²) in [4.78, 5) is 18.3. The first kappa shape index (κ1) is 22.3. The molecular formula is C28H30N2OS. The van der Waals surface area contributed by atoms with Crippen molar-refractivity contribution in [3.05, 3.63) is 98.8 Å². The lowest BCUT2D eigenvalue weighted by Crippen LogP contribution is -2.21. The summed E-state index contributed by atoms with van der Waals surface area (Å²) in [5.74, 6) is 0.763. The van der Waals surface area contributed by atoms with Gasteiger partial charge in [0.15, 0.2) is 5.16 Å². The second-order valence-corrected chi connectivity index (χ2v) is 10.5. The van der Waals surface area contributed by atoms with Gasteiger partial charge < -0.3 is 0 Å². The molecule has 3 aromatic carbocycles. The smallest absolute Gasteiger partial charge is 0.266 e. The Morgan fingerprint density at radius 3 is 2.16 bits per heavy atom. The third-order valence-corrected chi connectivity index (χ3v) is 6.91. The summed E-state index contributed by atoms with van der Waals surface area (Å²) in [7, 11) is 0. The first-order valence-corrected chi connectivity index (χ1v) is 12.0. The third kappa shape index (κ3) is 4.37. The summed E-state index contributed by atoms with van der Waals surface area (Å²) < 4.78 is 1.75. The molecule has 4 aromatic rings. The van der Waals surface area contributed by atoms with Gasteiger partial charge in [-0.1, -0.05) is 74.5 Å². The van der Waals surface area contributed by atoms with Crippen LogP contribution < -0.4 is 5.56 Å². The van der Waals surface area contributed by atoms with Gasteiger partial charge in [-0.3, -0.25) is 9.36 Å². The van der Waals surface area contributed by atoms with Gasteiger partial charge in [-0.25, -0.2) is 4.98 Å². The fourth-order valence-corrected chi connectivity index (χ4v) is 5.13. The molecule has 164 valence electrons. The Balaban J connectivity index is 1.79. The van der Waals surface area contributed by atoms with E-state index in [0.717, 1.165) is 27.7 Å². The standard InChI is InChI=1S/C28H30N2OS/c1-18-11-13-22(14-12-18)30-26(31)23-9-7-8-10-25(23)29-27(30)32-17-24-19(2)15-21(16-20(24)3)28(4,5)6/h7-16H,17H2,1-6H3.